The fourth-order valence-corrected chi connectivity index (χ4v) is 2.09. The Bertz CT molecular complexity index is 576. The van der Waals surface area contributed by atoms with Gasteiger partial charge in [0.25, 0.3) is 0 Å². The number of nitrogens with zero attached hydrogens (tertiary/aromatic N) is 1. The largest absolute Gasteiger partial charge is 0.496 e. The van der Waals surface area contributed by atoms with Crippen molar-refractivity contribution >= 4 is 5.82 Å². The van der Waals surface area contributed by atoms with E-state index in [4.69, 9.17) is 15.2 Å². The van der Waals surface area contributed by atoms with Gasteiger partial charge in [0.15, 0.2) is 0 Å². The van der Waals surface area contributed by atoms with Gasteiger partial charge in [0.2, 0.25) is 0 Å². The molecule has 0 atom stereocenters. The van der Waals surface area contributed by atoms with Crippen LogP contribution >= 0.6 is 0 Å². The predicted molar refractivity (Wildman–Crippen MR) is 75.6 cm³/mol. The van der Waals surface area contributed by atoms with Gasteiger partial charge in [-0.3, -0.25) is 5.10 Å². The van der Waals surface area contributed by atoms with Crippen LogP contribution in [-0.4, -0.2) is 24.4 Å². The van der Waals surface area contributed by atoms with E-state index in [0.717, 1.165) is 28.2 Å². The standard InChI is InChI=1S/C14H19N3O2/c1-8(2)9-5-13(19-4)10(6-12(9)18-3)11-7-16-17-14(11)15/h5-8H,1-4H3,(H3,15,16,17). The molecular formula is C14H19N3O2. The van der Waals surface area contributed by atoms with Crippen LogP contribution in [0.4, 0.5) is 5.82 Å². The second-order valence-electron chi connectivity index (χ2n) is 4.65. The maximum atomic E-state index is 5.87. The lowest BCUT2D eigenvalue weighted by Crippen LogP contribution is -1.98. The number of nitrogen functional groups attached to an aromatic ring is 1. The maximum absolute atomic E-state index is 5.87. The van der Waals surface area contributed by atoms with Crippen LogP contribution in [0.25, 0.3) is 11.1 Å². The van der Waals surface area contributed by atoms with Crippen LogP contribution in [0.1, 0.15) is 25.3 Å². The Kier molecular flexibility index (Phi) is 3.64. The molecule has 0 radical (unpaired) electrons. The van der Waals surface area contributed by atoms with Crippen molar-refractivity contribution < 1.29 is 9.47 Å². The lowest BCUT2D eigenvalue weighted by molar-refractivity contribution is 0.398. The van der Waals surface area contributed by atoms with E-state index in [1.807, 2.05) is 12.1 Å². The van der Waals surface area contributed by atoms with Crippen molar-refractivity contribution in [1.82, 2.24) is 10.2 Å². The van der Waals surface area contributed by atoms with Crippen molar-refractivity contribution in [2.24, 2.45) is 0 Å². The lowest BCUT2D eigenvalue weighted by Gasteiger charge is -2.16. The molecule has 0 saturated heterocycles. The molecule has 3 N–H and O–H groups in total. The van der Waals surface area contributed by atoms with Gasteiger partial charge in [0.05, 0.1) is 20.4 Å². The summed E-state index contributed by atoms with van der Waals surface area (Å²) in [5, 5.41) is 6.66. The number of H-pyrrole nitrogens is 1. The Balaban J connectivity index is 2.64. The second kappa shape index (κ2) is 5.22. The molecule has 102 valence electrons. The minimum atomic E-state index is 0.347. The van der Waals surface area contributed by atoms with Gasteiger partial charge >= 0.3 is 0 Å². The van der Waals surface area contributed by atoms with Crippen LogP contribution in [0.5, 0.6) is 11.5 Å². The molecule has 0 saturated carbocycles. The van der Waals surface area contributed by atoms with Crippen LogP contribution in [0, 0.1) is 0 Å². The zero-order valence-electron chi connectivity index (χ0n) is 11.7. The summed E-state index contributed by atoms with van der Waals surface area (Å²) < 4.78 is 10.9. The first kappa shape index (κ1) is 13.3. The molecule has 5 heteroatoms. The summed E-state index contributed by atoms with van der Waals surface area (Å²) in [4.78, 5) is 0. The van der Waals surface area contributed by atoms with E-state index < -0.39 is 0 Å². The zero-order chi connectivity index (χ0) is 14.0. The van der Waals surface area contributed by atoms with Gasteiger partial charge in [-0.1, -0.05) is 13.8 Å². The molecule has 0 amide bonds. The Morgan fingerprint density at radius 2 is 1.79 bits per heavy atom. The summed E-state index contributed by atoms with van der Waals surface area (Å²) in [5.74, 6) is 2.45. The normalized spacial score (nSPS) is 10.8. The number of methoxy groups -OCH3 is 2. The first-order valence-electron chi connectivity index (χ1n) is 6.13. The lowest BCUT2D eigenvalue weighted by atomic mass is 9.97. The number of aromatic nitrogens is 2. The molecule has 0 aliphatic rings. The van der Waals surface area contributed by atoms with Crippen molar-refractivity contribution in [3.05, 3.63) is 23.9 Å². The van der Waals surface area contributed by atoms with E-state index in [9.17, 15) is 0 Å². The van der Waals surface area contributed by atoms with Gasteiger partial charge in [0, 0.05) is 16.7 Å². The van der Waals surface area contributed by atoms with Crippen LogP contribution < -0.4 is 15.2 Å². The summed E-state index contributed by atoms with van der Waals surface area (Å²) in [6.45, 7) is 4.23. The summed E-state index contributed by atoms with van der Waals surface area (Å²) in [5.41, 5.74) is 8.65. The summed E-state index contributed by atoms with van der Waals surface area (Å²) >= 11 is 0. The van der Waals surface area contributed by atoms with E-state index in [2.05, 4.69) is 24.0 Å². The van der Waals surface area contributed by atoms with E-state index >= 15 is 0 Å². The maximum Gasteiger partial charge on any atom is 0.127 e. The summed E-state index contributed by atoms with van der Waals surface area (Å²) in [6, 6.07) is 3.93. The molecule has 0 unspecified atom stereocenters. The average molecular weight is 261 g/mol. The zero-order valence-corrected chi connectivity index (χ0v) is 11.7. The first-order valence-corrected chi connectivity index (χ1v) is 6.13. The predicted octanol–water partition coefficient (Wildman–Crippen LogP) is 2.80. The number of benzene rings is 1. The summed E-state index contributed by atoms with van der Waals surface area (Å²) in [6.07, 6.45) is 1.68. The smallest absolute Gasteiger partial charge is 0.127 e. The number of hydrogen-bond donors (Lipinski definition) is 2. The minimum absolute atomic E-state index is 0.347. The SMILES string of the molecule is COc1cc(C(C)C)c(OC)cc1-c1cn[nH]c1N. The third kappa shape index (κ3) is 2.36. The number of nitrogens with one attached hydrogen (secondary N) is 1. The van der Waals surface area contributed by atoms with Crippen molar-refractivity contribution in [2.45, 2.75) is 19.8 Å². The number of hydrogen-bond acceptors (Lipinski definition) is 4. The van der Waals surface area contributed by atoms with Crippen LogP contribution in [-0.2, 0) is 0 Å². The minimum Gasteiger partial charge on any atom is -0.496 e. The Morgan fingerprint density at radius 1 is 1.11 bits per heavy atom. The molecule has 5 nitrogen and oxygen atoms in total. The molecule has 2 rings (SSSR count). The monoisotopic (exact) mass is 261 g/mol. The molecule has 1 aromatic carbocycles. The molecule has 0 fully saturated rings. The highest BCUT2D eigenvalue weighted by atomic mass is 16.5. The van der Waals surface area contributed by atoms with E-state index in [-0.39, 0.29) is 0 Å². The van der Waals surface area contributed by atoms with Crippen molar-refractivity contribution in [2.75, 3.05) is 20.0 Å². The highest BCUT2D eigenvalue weighted by Crippen LogP contribution is 2.40. The van der Waals surface area contributed by atoms with Gasteiger partial charge in [0.1, 0.15) is 17.3 Å². The Hall–Kier alpha value is -2.17. The fourth-order valence-electron chi connectivity index (χ4n) is 2.09. The van der Waals surface area contributed by atoms with Gasteiger partial charge in [-0.2, -0.15) is 5.10 Å². The number of nitrogens with two attached hydrogens (primary N) is 1. The Labute approximate surface area is 112 Å². The second-order valence-corrected chi connectivity index (χ2v) is 4.65. The van der Waals surface area contributed by atoms with E-state index in [0.29, 0.717) is 11.7 Å². The third-order valence-corrected chi connectivity index (χ3v) is 3.13. The van der Waals surface area contributed by atoms with E-state index in [1.54, 1.807) is 20.4 Å². The van der Waals surface area contributed by atoms with E-state index in [1.165, 1.54) is 0 Å². The highest BCUT2D eigenvalue weighted by Gasteiger charge is 2.17. The number of ether oxygens (including phenoxy) is 2. The Morgan fingerprint density at radius 3 is 2.26 bits per heavy atom. The van der Waals surface area contributed by atoms with Gasteiger partial charge < -0.3 is 15.2 Å². The van der Waals surface area contributed by atoms with Crippen LogP contribution in [0.3, 0.4) is 0 Å². The fraction of sp³-hybridized carbons (Fsp3) is 0.357. The molecule has 0 aliphatic heterocycles. The molecular weight excluding hydrogens is 242 g/mol. The molecule has 1 heterocycles. The number of aromatic amines is 1. The number of anilines is 1. The molecule has 1 aromatic heterocycles. The van der Waals surface area contributed by atoms with Crippen molar-refractivity contribution in [3.63, 3.8) is 0 Å². The van der Waals surface area contributed by atoms with Gasteiger partial charge in [-0.05, 0) is 18.1 Å². The van der Waals surface area contributed by atoms with Gasteiger partial charge in [-0.15, -0.1) is 0 Å². The van der Waals surface area contributed by atoms with Crippen LogP contribution in [0.15, 0.2) is 18.3 Å². The van der Waals surface area contributed by atoms with Crippen LogP contribution in [0.2, 0.25) is 0 Å². The van der Waals surface area contributed by atoms with Gasteiger partial charge in [-0.25, -0.2) is 0 Å². The quantitative estimate of drug-likeness (QED) is 0.887. The molecule has 19 heavy (non-hydrogen) atoms. The summed E-state index contributed by atoms with van der Waals surface area (Å²) in [7, 11) is 3.31. The molecule has 2 aromatic rings. The first-order chi connectivity index (χ1) is 9.08. The molecule has 0 aliphatic carbocycles. The average Bonchev–Trinajstić information content (AvgIpc) is 2.83. The highest BCUT2D eigenvalue weighted by molar-refractivity contribution is 5.79. The third-order valence-electron chi connectivity index (χ3n) is 3.13. The topological polar surface area (TPSA) is 73.2 Å². The van der Waals surface area contributed by atoms with Crippen molar-refractivity contribution in [1.29, 1.82) is 0 Å². The molecule has 0 bridgehead atoms. The van der Waals surface area contributed by atoms with Crippen molar-refractivity contribution in [3.8, 4) is 22.6 Å². The number of rotatable bonds is 4. The molecule has 0 spiro atoms.